The molecule has 126 valence electrons. The van der Waals surface area contributed by atoms with Gasteiger partial charge < -0.3 is 19.1 Å². The average Bonchev–Trinajstić information content (AvgIpc) is 2.60. The third-order valence-corrected chi connectivity index (χ3v) is 3.60. The van der Waals surface area contributed by atoms with Gasteiger partial charge in [-0.1, -0.05) is 12.1 Å². The lowest BCUT2D eigenvalue weighted by molar-refractivity contribution is -0.121. The van der Waals surface area contributed by atoms with Crippen LogP contribution in [0.15, 0.2) is 42.6 Å². The molecule has 24 heavy (non-hydrogen) atoms. The smallest absolute Gasteiger partial charge is 0.265 e. The SMILES string of the molecule is CCOc1ccccc1OCC(=O)N1CC(C)Oc2ncccc21. The Hall–Kier alpha value is -2.76. The minimum atomic E-state index is -0.147. The van der Waals surface area contributed by atoms with Crippen LogP contribution in [0, 0.1) is 0 Å². The molecule has 1 unspecified atom stereocenters. The normalized spacial score (nSPS) is 16.1. The maximum atomic E-state index is 12.6. The van der Waals surface area contributed by atoms with Gasteiger partial charge in [-0.05, 0) is 38.1 Å². The Morgan fingerprint density at radius 1 is 1.25 bits per heavy atom. The molecule has 0 saturated carbocycles. The van der Waals surface area contributed by atoms with Crippen molar-refractivity contribution in [3.63, 3.8) is 0 Å². The molecule has 0 radical (unpaired) electrons. The molecule has 1 aliphatic heterocycles. The van der Waals surface area contributed by atoms with Gasteiger partial charge >= 0.3 is 0 Å². The molecule has 1 aromatic heterocycles. The summed E-state index contributed by atoms with van der Waals surface area (Å²) >= 11 is 0. The number of amides is 1. The van der Waals surface area contributed by atoms with E-state index in [-0.39, 0.29) is 18.6 Å². The van der Waals surface area contributed by atoms with Crippen LogP contribution in [0.4, 0.5) is 5.69 Å². The number of pyridine rings is 1. The number of benzene rings is 1. The Kier molecular flexibility index (Phi) is 4.84. The lowest BCUT2D eigenvalue weighted by Gasteiger charge is -2.32. The molecule has 1 aliphatic rings. The third kappa shape index (κ3) is 3.42. The van der Waals surface area contributed by atoms with Gasteiger partial charge in [0.25, 0.3) is 5.91 Å². The molecular weight excluding hydrogens is 308 g/mol. The van der Waals surface area contributed by atoms with Crippen molar-refractivity contribution in [3.05, 3.63) is 42.6 Å². The summed E-state index contributed by atoms with van der Waals surface area (Å²) in [6, 6.07) is 10.9. The molecule has 0 spiro atoms. The van der Waals surface area contributed by atoms with Crippen LogP contribution in [0.5, 0.6) is 17.4 Å². The third-order valence-electron chi connectivity index (χ3n) is 3.60. The van der Waals surface area contributed by atoms with Crippen molar-refractivity contribution in [1.29, 1.82) is 0 Å². The topological polar surface area (TPSA) is 60.9 Å². The number of hydrogen-bond acceptors (Lipinski definition) is 5. The largest absolute Gasteiger partial charge is 0.490 e. The van der Waals surface area contributed by atoms with Gasteiger partial charge in [-0.15, -0.1) is 0 Å². The number of rotatable bonds is 5. The van der Waals surface area contributed by atoms with Crippen molar-refractivity contribution in [1.82, 2.24) is 4.98 Å². The molecule has 1 amide bonds. The highest BCUT2D eigenvalue weighted by Crippen LogP contribution is 2.31. The first-order chi connectivity index (χ1) is 11.7. The van der Waals surface area contributed by atoms with Crippen molar-refractivity contribution < 1.29 is 19.0 Å². The number of ether oxygens (including phenoxy) is 3. The molecule has 6 heteroatoms. The molecule has 1 atom stereocenters. The first kappa shape index (κ1) is 16.1. The van der Waals surface area contributed by atoms with Gasteiger partial charge in [-0.2, -0.15) is 0 Å². The quantitative estimate of drug-likeness (QED) is 0.844. The first-order valence-corrected chi connectivity index (χ1v) is 7.95. The van der Waals surface area contributed by atoms with Gasteiger partial charge in [-0.3, -0.25) is 4.79 Å². The summed E-state index contributed by atoms with van der Waals surface area (Å²) in [5.41, 5.74) is 0.669. The molecule has 2 aromatic rings. The fourth-order valence-electron chi connectivity index (χ4n) is 2.56. The number of fused-ring (bicyclic) bond motifs is 1. The van der Waals surface area contributed by atoms with E-state index in [0.717, 1.165) is 0 Å². The first-order valence-electron chi connectivity index (χ1n) is 7.95. The number of anilines is 1. The molecular formula is C18H20N2O4. The van der Waals surface area contributed by atoms with Gasteiger partial charge in [0.1, 0.15) is 11.8 Å². The Morgan fingerprint density at radius 3 is 2.75 bits per heavy atom. The zero-order valence-electron chi connectivity index (χ0n) is 13.8. The summed E-state index contributed by atoms with van der Waals surface area (Å²) in [6.07, 6.45) is 1.53. The summed E-state index contributed by atoms with van der Waals surface area (Å²) in [4.78, 5) is 18.5. The predicted octanol–water partition coefficient (Wildman–Crippen LogP) is 2.67. The van der Waals surface area contributed by atoms with Gasteiger partial charge in [0.15, 0.2) is 18.1 Å². The van der Waals surface area contributed by atoms with Crippen molar-refractivity contribution in [2.24, 2.45) is 0 Å². The monoisotopic (exact) mass is 328 g/mol. The molecule has 1 aromatic carbocycles. The number of carbonyl (C=O) groups is 1. The lowest BCUT2D eigenvalue weighted by atomic mass is 10.2. The fourth-order valence-corrected chi connectivity index (χ4v) is 2.56. The highest BCUT2D eigenvalue weighted by molar-refractivity contribution is 5.96. The highest BCUT2D eigenvalue weighted by atomic mass is 16.5. The van der Waals surface area contributed by atoms with E-state index in [2.05, 4.69) is 4.98 Å². The van der Waals surface area contributed by atoms with Gasteiger partial charge in [0.05, 0.1) is 13.2 Å². The summed E-state index contributed by atoms with van der Waals surface area (Å²) in [5, 5.41) is 0. The van der Waals surface area contributed by atoms with Crippen molar-refractivity contribution in [2.45, 2.75) is 20.0 Å². The van der Waals surface area contributed by atoms with E-state index < -0.39 is 0 Å². The van der Waals surface area contributed by atoms with Crippen LogP contribution in [0.2, 0.25) is 0 Å². The predicted molar refractivity (Wildman–Crippen MR) is 89.8 cm³/mol. The zero-order valence-corrected chi connectivity index (χ0v) is 13.8. The Bertz CT molecular complexity index is 720. The van der Waals surface area contributed by atoms with E-state index in [1.807, 2.05) is 38.1 Å². The second kappa shape index (κ2) is 7.21. The molecule has 3 rings (SSSR count). The van der Waals surface area contributed by atoms with E-state index in [0.29, 0.717) is 36.2 Å². The van der Waals surface area contributed by atoms with Gasteiger partial charge in [0, 0.05) is 6.20 Å². The van der Waals surface area contributed by atoms with Crippen molar-refractivity contribution >= 4 is 11.6 Å². The summed E-state index contributed by atoms with van der Waals surface area (Å²) < 4.78 is 16.8. The van der Waals surface area contributed by atoms with Gasteiger partial charge in [-0.25, -0.2) is 4.98 Å². The summed E-state index contributed by atoms with van der Waals surface area (Å²) in [7, 11) is 0. The number of aromatic nitrogens is 1. The number of para-hydroxylation sites is 2. The Balaban J connectivity index is 1.72. The zero-order chi connectivity index (χ0) is 16.9. The van der Waals surface area contributed by atoms with Crippen LogP contribution in [0.25, 0.3) is 0 Å². The Labute approximate surface area is 141 Å². The molecule has 0 fully saturated rings. The minimum absolute atomic E-state index is 0.0782. The second-order valence-corrected chi connectivity index (χ2v) is 5.43. The van der Waals surface area contributed by atoms with Crippen LogP contribution in [0.1, 0.15) is 13.8 Å². The molecule has 2 heterocycles. The molecule has 0 bridgehead atoms. The van der Waals surface area contributed by atoms with Crippen LogP contribution >= 0.6 is 0 Å². The van der Waals surface area contributed by atoms with Crippen LogP contribution in [0.3, 0.4) is 0 Å². The van der Waals surface area contributed by atoms with Crippen LogP contribution in [-0.4, -0.2) is 36.8 Å². The number of carbonyl (C=O) groups excluding carboxylic acids is 1. The van der Waals surface area contributed by atoms with E-state index in [9.17, 15) is 4.79 Å². The maximum Gasteiger partial charge on any atom is 0.265 e. The van der Waals surface area contributed by atoms with E-state index in [4.69, 9.17) is 14.2 Å². The standard InChI is InChI=1S/C18H20N2O4/c1-3-22-15-8-4-5-9-16(15)23-12-17(21)20-11-13(2)24-18-14(20)7-6-10-19-18/h4-10,13H,3,11-12H2,1-2H3. The summed E-state index contributed by atoms with van der Waals surface area (Å²) in [6.45, 7) is 4.73. The lowest BCUT2D eigenvalue weighted by Crippen LogP contribution is -2.44. The van der Waals surface area contributed by atoms with Gasteiger partial charge in [0.2, 0.25) is 5.88 Å². The fraction of sp³-hybridized carbons (Fsp3) is 0.333. The number of nitrogens with zero attached hydrogens (tertiary/aromatic N) is 2. The minimum Gasteiger partial charge on any atom is -0.490 e. The molecule has 0 aliphatic carbocycles. The summed E-state index contributed by atoms with van der Waals surface area (Å²) in [5.74, 6) is 1.51. The van der Waals surface area contributed by atoms with E-state index >= 15 is 0 Å². The van der Waals surface area contributed by atoms with E-state index in [1.54, 1.807) is 23.2 Å². The second-order valence-electron chi connectivity index (χ2n) is 5.43. The van der Waals surface area contributed by atoms with Crippen molar-refractivity contribution in [3.8, 4) is 17.4 Å². The number of hydrogen-bond donors (Lipinski definition) is 0. The van der Waals surface area contributed by atoms with Crippen molar-refractivity contribution in [2.75, 3.05) is 24.7 Å². The molecule has 0 saturated heterocycles. The maximum absolute atomic E-state index is 12.6. The molecule has 0 N–H and O–H groups in total. The van der Waals surface area contributed by atoms with Crippen LogP contribution < -0.4 is 19.1 Å². The van der Waals surface area contributed by atoms with E-state index in [1.165, 1.54) is 0 Å². The average molecular weight is 328 g/mol. The highest BCUT2D eigenvalue weighted by Gasteiger charge is 2.28. The molecule has 6 nitrogen and oxygen atoms in total. The Morgan fingerprint density at radius 2 is 2.00 bits per heavy atom. The van der Waals surface area contributed by atoms with Crippen LogP contribution in [-0.2, 0) is 4.79 Å².